The highest BCUT2D eigenvalue weighted by molar-refractivity contribution is 6.04. The first-order chi connectivity index (χ1) is 29.4. The second-order valence-corrected chi connectivity index (χ2v) is 17.5. The van der Waals surface area contributed by atoms with Crippen LogP contribution in [-0.2, 0) is 29.6 Å². The highest BCUT2D eigenvalue weighted by atomic mass is 19.3. The molecule has 1 N–H and O–H groups in total. The molecule has 61 heavy (non-hydrogen) atoms. The lowest BCUT2D eigenvalue weighted by molar-refractivity contribution is -0.132. The number of aryl methyl sites for hydroxylation is 2. The van der Waals surface area contributed by atoms with Crippen LogP contribution >= 0.6 is 0 Å². The van der Waals surface area contributed by atoms with E-state index in [2.05, 4.69) is 44.3 Å². The number of fused-ring (bicyclic) bond motifs is 1. The van der Waals surface area contributed by atoms with Crippen molar-refractivity contribution in [3.05, 3.63) is 82.1 Å². The number of halogens is 2. The summed E-state index contributed by atoms with van der Waals surface area (Å²) < 4.78 is 38.8. The molecule has 3 fully saturated rings. The zero-order valence-electron chi connectivity index (χ0n) is 35.2. The molecular weight excluding hydrogens is 785 g/mol. The Morgan fingerprint density at radius 1 is 1.00 bits per heavy atom. The number of amides is 1. The number of alkyl halides is 2. The number of imidazole rings is 1. The summed E-state index contributed by atoms with van der Waals surface area (Å²) in [5, 5.41) is 6.85. The number of pyridine rings is 1. The SMILES string of the molecule is CN(CCCN(C)CC1CCC(n2cc(NC(=O)c3coc(-c4ccnc(CCC5CC5)c4)n3)c(C(F)F)n2)CC1)Cc1cccc2c1n(C)c(=O)n2C1CCC(=O)CC1=O. The van der Waals surface area contributed by atoms with Gasteiger partial charge < -0.3 is 19.5 Å². The fourth-order valence-corrected chi connectivity index (χ4v) is 9.24. The lowest BCUT2D eigenvalue weighted by Gasteiger charge is -2.31. The number of benzene rings is 1. The number of para-hydroxylation sites is 1. The molecule has 1 amide bonds. The topological polar surface area (TPSA) is 153 Å². The highest BCUT2D eigenvalue weighted by Crippen LogP contribution is 2.36. The Balaban J connectivity index is 0.800. The summed E-state index contributed by atoms with van der Waals surface area (Å²) in [5.41, 5.74) is 3.44. The molecule has 1 aromatic carbocycles. The molecule has 5 aromatic rings. The molecule has 3 saturated carbocycles. The quantitative estimate of drug-likeness (QED) is 0.0955. The molecular formula is C45H55F2N9O5. The van der Waals surface area contributed by atoms with Gasteiger partial charge >= 0.3 is 5.69 Å². The maximum atomic E-state index is 14.2. The van der Waals surface area contributed by atoms with Gasteiger partial charge in [-0.15, -0.1) is 0 Å². The normalized spacial score (nSPS) is 19.8. The lowest BCUT2D eigenvalue weighted by atomic mass is 9.86. The standard InChI is InChI=1S/C45H55F2N9O5/c1-52(20-5-21-53(2)25-31-6-4-7-38-41(31)54(3)45(60)56(38)37-17-16-34(57)23-39(37)58)24-29-11-14-33(15-12-29)55-26-35(40(51-55)42(46)47)49-43(59)36-27-61-44(50-36)30-18-19-48-32(22-30)13-10-28-8-9-28/h4,6-7,18-19,22,26-29,33,37,42H,5,8-17,20-21,23-25H2,1-3H3,(H,49,59). The van der Waals surface area contributed by atoms with Crippen molar-refractivity contribution in [3.63, 3.8) is 0 Å². The highest BCUT2D eigenvalue weighted by Gasteiger charge is 2.32. The van der Waals surface area contributed by atoms with E-state index in [0.717, 1.165) is 92.8 Å². The van der Waals surface area contributed by atoms with E-state index in [4.69, 9.17) is 4.42 Å². The zero-order valence-corrected chi connectivity index (χ0v) is 35.2. The van der Waals surface area contributed by atoms with Crippen molar-refractivity contribution in [1.29, 1.82) is 0 Å². The Morgan fingerprint density at radius 2 is 1.77 bits per heavy atom. The molecule has 16 heteroatoms. The Labute approximate surface area is 353 Å². The van der Waals surface area contributed by atoms with Crippen molar-refractivity contribution in [2.75, 3.05) is 39.0 Å². The summed E-state index contributed by atoms with van der Waals surface area (Å²) >= 11 is 0. The van der Waals surface area contributed by atoms with E-state index >= 15 is 0 Å². The van der Waals surface area contributed by atoms with Gasteiger partial charge in [0.05, 0.1) is 35.2 Å². The Hall–Kier alpha value is -5.35. The van der Waals surface area contributed by atoms with Crippen LogP contribution in [0.5, 0.6) is 0 Å². The molecule has 3 aliphatic carbocycles. The van der Waals surface area contributed by atoms with Crippen LogP contribution < -0.4 is 11.0 Å². The van der Waals surface area contributed by atoms with E-state index in [9.17, 15) is 28.0 Å². The summed E-state index contributed by atoms with van der Waals surface area (Å²) in [4.78, 5) is 64.5. The van der Waals surface area contributed by atoms with Crippen LogP contribution in [0.15, 0.2) is 58.2 Å². The van der Waals surface area contributed by atoms with Gasteiger partial charge in [0.25, 0.3) is 12.3 Å². The van der Waals surface area contributed by atoms with Crippen molar-refractivity contribution in [1.82, 2.24) is 38.7 Å². The minimum atomic E-state index is -2.86. The first kappa shape index (κ1) is 42.3. The van der Waals surface area contributed by atoms with Crippen LogP contribution in [0.4, 0.5) is 14.5 Å². The summed E-state index contributed by atoms with van der Waals surface area (Å²) in [7, 11) is 5.94. The maximum Gasteiger partial charge on any atom is 0.329 e. The predicted octanol–water partition coefficient (Wildman–Crippen LogP) is 7.17. The number of hydrogen-bond donors (Lipinski definition) is 1. The average molecular weight is 840 g/mol. The van der Waals surface area contributed by atoms with E-state index in [1.165, 1.54) is 25.3 Å². The van der Waals surface area contributed by atoms with Gasteiger partial charge in [-0.1, -0.05) is 25.0 Å². The van der Waals surface area contributed by atoms with Gasteiger partial charge in [0.15, 0.2) is 17.2 Å². The minimum absolute atomic E-state index is 0.0116. The van der Waals surface area contributed by atoms with Gasteiger partial charge in [-0.2, -0.15) is 5.10 Å². The molecule has 8 rings (SSSR count). The summed E-state index contributed by atoms with van der Waals surface area (Å²) in [6.07, 6.45) is 11.0. The van der Waals surface area contributed by atoms with Crippen molar-refractivity contribution in [2.24, 2.45) is 18.9 Å². The number of aromatic nitrogens is 6. The lowest BCUT2D eigenvalue weighted by Crippen LogP contribution is -2.34. The summed E-state index contributed by atoms with van der Waals surface area (Å²) in [6.45, 7) is 3.32. The third-order valence-corrected chi connectivity index (χ3v) is 12.7. The fraction of sp³-hybridized carbons (Fsp3) is 0.533. The molecule has 1 unspecified atom stereocenters. The van der Waals surface area contributed by atoms with Gasteiger partial charge in [0.1, 0.15) is 12.0 Å². The molecule has 14 nitrogen and oxygen atoms in total. The van der Waals surface area contributed by atoms with E-state index in [-0.39, 0.29) is 47.0 Å². The number of hydrogen-bond acceptors (Lipinski definition) is 10. The number of nitrogens with one attached hydrogen (secondary N) is 1. The average Bonchev–Trinajstić information content (AvgIpc) is 3.64. The van der Waals surface area contributed by atoms with Crippen molar-refractivity contribution in [2.45, 2.75) is 102 Å². The number of ketones is 2. The molecule has 0 saturated heterocycles. The van der Waals surface area contributed by atoms with Gasteiger partial charge in [-0.25, -0.2) is 18.6 Å². The largest absolute Gasteiger partial charge is 0.444 e. The van der Waals surface area contributed by atoms with Crippen molar-refractivity contribution < 1.29 is 27.6 Å². The van der Waals surface area contributed by atoms with Gasteiger partial charge in [-0.3, -0.25) is 33.2 Å². The Kier molecular flexibility index (Phi) is 12.7. The molecule has 0 spiro atoms. The zero-order chi connectivity index (χ0) is 42.8. The number of rotatable bonds is 17. The number of carbonyl (C=O) groups is 3. The van der Waals surface area contributed by atoms with E-state index in [1.807, 2.05) is 24.3 Å². The molecule has 3 aliphatic rings. The van der Waals surface area contributed by atoms with Gasteiger partial charge in [0, 0.05) is 50.2 Å². The van der Waals surface area contributed by atoms with E-state index in [0.29, 0.717) is 30.9 Å². The maximum absolute atomic E-state index is 14.2. The van der Waals surface area contributed by atoms with Crippen LogP contribution in [0.25, 0.3) is 22.5 Å². The van der Waals surface area contributed by atoms with Crippen LogP contribution in [0.3, 0.4) is 0 Å². The molecule has 0 aliphatic heterocycles. The van der Waals surface area contributed by atoms with Crippen LogP contribution in [0.2, 0.25) is 0 Å². The number of carbonyl (C=O) groups excluding carboxylic acids is 3. The Morgan fingerprint density at radius 3 is 2.52 bits per heavy atom. The number of anilines is 1. The molecule has 324 valence electrons. The smallest absolute Gasteiger partial charge is 0.329 e. The number of oxazole rings is 1. The van der Waals surface area contributed by atoms with Crippen LogP contribution in [0.1, 0.15) is 117 Å². The van der Waals surface area contributed by atoms with Gasteiger partial charge in [0.2, 0.25) is 5.89 Å². The molecule has 0 radical (unpaired) electrons. The second-order valence-electron chi connectivity index (χ2n) is 17.5. The molecule has 1 atom stereocenters. The molecule has 4 aromatic heterocycles. The third-order valence-electron chi connectivity index (χ3n) is 12.7. The minimum Gasteiger partial charge on any atom is -0.444 e. The first-order valence-electron chi connectivity index (χ1n) is 21.6. The number of Topliss-reactive ketones (excluding diaryl/α,β-unsaturated/α-hetero) is 2. The van der Waals surface area contributed by atoms with E-state index in [1.54, 1.807) is 33.1 Å². The monoisotopic (exact) mass is 839 g/mol. The summed E-state index contributed by atoms with van der Waals surface area (Å²) in [6, 6.07) is 8.85. The molecule has 0 bridgehead atoms. The van der Waals surface area contributed by atoms with Crippen molar-refractivity contribution in [3.8, 4) is 11.5 Å². The Bertz CT molecular complexity index is 2440. The van der Waals surface area contributed by atoms with E-state index < -0.39 is 24.1 Å². The van der Waals surface area contributed by atoms with Crippen LogP contribution in [-0.4, -0.2) is 89.9 Å². The first-order valence-corrected chi connectivity index (χ1v) is 21.6. The third kappa shape index (κ3) is 9.75. The number of nitrogens with zero attached hydrogens (tertiary/aromatic N) is 8. The van der Waals surface area contributed by atoms with Crippen molar-refractivity contribution >= 4 is 34.2 Å². The molecule has 4 heterocycles. The summed E-state index contributed by atoms with van der Waals surface area (Å²) in [5.74, 6) is 0.603. The van der Waals surface area contributed by atoms with Crippen LogP contribution in [0, 0.1) is 11.8 Å². The second kappa shape index (κ2) is 18.3. The predicted molar refractivity (Wildman–Crippen MR) is 225 cm³/mol. The fourth-order valence-electron chi connectivity index (χ4n) is 9.24. The van der Waals surface area contributed by atoms with Gasteiger partial charge in [-0.05, 0) is 114 Å².